The number of hydrogen-bond donors (Lipinski definition) is 13. The summed E-state index contributed by atoms with van der Waals surface area (Å²) in [5.41, 5.74) is 0.927. The first-order valence-electron chi connectivity index (χ1n) is 26.5. The molecule has 418 valence electrons. The Hall–Kier alpha value is -1.18. The van der Waals surface area contributed by atoms with Crippen LogP contribution in [0, 0.1) is 46.3 Å². The Bertz CT molecular complexity index is 1920. The molecule has 3 saturated carbocycles. The third-order valence-electron chi connectivity index (χ3n) is 19.5. The maximum absolute atomic E-state index is 11.9. The molecule has 6 heterocycles. The fourth-order valence-corrected chi connectivity index (χ4v) is 15.3. The van der Waals surface area contributed by atoms with Crippen molar-refractivity contribution < 1.29 is 114 Å². The summed E-state index contributed by atoms with van der Waals surface area (Å²) in [5.74, 6) is 1.91. The van der Waals surface area contributed by atoms with Crippen molar-refractivity contribution in [3.8, 4) is 0 Å². The van der Waals surface area contributed by atoms with E-state index in [1.807, 2.05) is 0 Å². The van der Waals surface area contributed by atoms with E-state index >= 15 is 0 Å². The van der Waals surface area contributed by atoms with Crippen LogP contribution in [0.1, 0.15) is 79.1 Å². The maximum atomic E-state index is 11.9. The molecule has 10 rings (SSSR count). The van der Waals surface area contributed by atoms with Gasteiger partial charge < -0.3 is 114 Å². The van der Waals surface area contributed by atoms with E-state index < -0.39 is 161 Å². The van der Waals surface area contributed by atoms with Crippen LogP contribution >= 0.6 is 0 Å². The first kappa shape index (κ1) is 55.1. The second kappa shape index (κ2) is 21.1. The van der Waals surface area contributed by atoms with E-state index in [-0.39, 0.29) is 16.9 Å². The van der Waals surface area contributed by atoms with Gasteiger partial charge in [0.1, 0.15) is 91.6 Å². The van der Waals surface area contributed by atoms with Crippen molar-refractivity contribution in [2.24, 2.45) is 46.3 Å². The minimum Gasteiger partial charge on any atom is -0.394 e. The molecule has 1 spiro atoms. The molecule has 6 aliphatic heterocycles. The van der Waals surface area contributed by atoms with Crippen molar-refractivity contribution in [1.29, 1.82) is 0 Å². The molecule has 10 aliphatic rings. The van der Waals surface area contributed by atoms with Gasteiger partial charge in [0.15, 0.2) is 30.9 Å². The first-order valence-corrected chi connectivity index (χ1v) is 26.5. The quantitative estimate of drug-likeness (QED) is 0.0898. The first-order chi connectivity index (χ1) is 34.7. The number of rotatable bonds is 11. The van der Waals surface area contributed by atoms with Crippen LogP contribution < -0.4 is 0 Å². The van der Waals surface area contributed by atoms with Crippen LogP contribution in [0.2, 0.25) is 0 Å². The van der Waals surface area contributed by atoms with Gasteiger partial charge in [0, 0.05) is 12.3 Å². The lowest BCUT2D eigenvalue weighted by molar-refractivity contribution is -0.404. The molecule has 6 saturated heterocycles. The predicted octanol–water partition coefficient (Wildman–Crippen LogP) is -3.38. The van der Waals surface area contributed by atoms with Crippen molar-refractivity contribution >= 4 is 0 Å². The molecule has 23 nitrogen and oxygen atoms in total. The van der Waals surface area contributed by atoms with Crippen molar-refractivity contribution in [3.05, 3.63) is 11.6 Å². The predicted molar refractivity (Wildman–Crippen MR) is 244 cm³/mol. The largest absolute Gasteiger partial charge is 0.394 e. The standard InChI is InChI=1S/C50H80O23/c1-19-7-10-50(65-17-19)20(2)32-28(73-50)12-24-22-6-5-21-11-27(25(54)13-49(21,4)23(22)8-9-48(24,32)3)66-45-40(63)37(60)41(31(16-53)69-45)70-47-43(72-46-39(62)36(59)34(57)29(14-51)67-46)42(35(58)30(15-52)68-47)71-44-38(61)33(56)26(55)18-64-44/h5,19-20,22-47,51-63H,6-18H2,1-4H3/t19-,20-,22-,23+,24+,25+,26+,27+,28-,29+,30+,31+,32-,33-,34+,35+,36-,37+,38+,39+,40+,41+,42-,43+,44-,45+,46-,47-,48-,49-,50-/m1/s1. The second-order valence-corrected chi connectivity index (χ2v) is 23.6. The number of hydrogen-bond acceptors (Lipinski definition) is 23. The number of fused-ring (bicyclic) bond motifs is 7. The number of aliphatic hydroxyl groups is 13. The van der Waals surface area contributed by atoms with E-state index in [0.717, 1.165) is 50.7 Å². The topological polar surface area (TPSA) is 355 Å². The third-order valence-corrected chi connectivity index (χ3v) is 19.5. The Morgan fingerprint density at radius 3 is 1.93 bits per heavy atom. The van der Waals surface area contributed by atoms with Crippen LogP contribution in [0.5, 0.6) is 0 Å². The van der Waals surface area contributed by atoms with E-state index in [0.29, 0.717) is 48.3 Å². The van der Waals surface area contributed by atoms with Gasteiger partial charge in [-0.15, -0.1) is 0 Å². The van der Waals surface area contributed by atoms with Crippen molar-refractivity contribution in [3.63, 3.8) is 0 Å². The van der Waals surface area contributed by atoms with E-state index in [4.69, 9.17) is 47.4 Å². The lowest BCUT2D eigenvalue weighted by atomic mass is 9.46. The van der Waals surface area contributed by atoms with Gasteiger partial charge in [0.2, 0.25) is 0 Å². The molecule has 31 atom stereocenters. The van der Waals surface area contributed by atoms with Crippen LogP contribution in [-0.2, 0) is 47.4 Å². The average Bonchev–Trinajstić information content (AvgIpc) is 3.82. The maximum Gasteiger partial charge on any atom is 0.187 e. The third kappa shape index (κ3) is 9.41. The molecule has 0 aromatic carbocycles. The molecule has 0 bridgehead atoms. The molecule has 4 aliphatic carbocycles. The molecule has 73 heavy (non-hydrogen) atoms. The number of allylic oxidation sites excluding steroid dienone is 1. The van der Waals surface area contributed by atoms with Gasteiger partial charge in [0.05, 0.1) is 51.3 Å². The zero-order chi connectivity index (χ0) is 52.2. The fourth-order valence-electron chi connectivity index (χ4n) is 15.3. The molecule has 23 heteroatoms. The van der Waals surface area contributed by atoms with Crippen molar-refractivity contribution in [2.45, 2.75) is 220 Å². The summed E-state index contributed by atoms with van der Waals surface area (Å²) < 4.78 is 61.0. The molecule has 0 aromatic heterocycles. The van der Waals surface area contributed by atoms with Gasteiger partial charge in [-0.2, -0.15) is 0 Å². The van der Waals surface area contributed by atoms with Gasteiger partial charge in [-0.25, -0.2) is 0 Å². The molecule has 0 aromatic rings. The minimum atomic E-state index is -2.02. The summed E-state index contributed by atoms with van der Waals surface area (Å²) in [6, 6.07) is 0. The average molecular weight is 1050 g/mol. The number of ether oxygens (including phenoxy) is 10. The Morgan fingerprint density at radius 1 is 0.603 bits per heavy atom. The molecule has 9 fully saturated rings. The van der Waals surface area contributed by atoms with Gasteiger partial charge in [-0.3, -0.25) is 0 Å². The highest BCUT2D eigenvalue weighted by Crippen LogP contribution is 2.71. The molecule has 0 unspecified atom stereocenters. The van der Waals surface area contributed by atoms with Gasteiger partial charge >= 0.3 is 0 Å². The highest BCUT2D eigenvalue weighted by Gasteiger charge is 2.69. The highest BCUT2D eigenvalue weighted by atomic mass is 16.8. The molecular formula is C50H80O23. The van der Waals surface area contributed by atoms with Gasteiger partial charge in [0.25, 0.3) is 0 Å². The smallest absolute Gasteiger partial charge is 0.187 e. The summed E-state index contributed by atoms with van der Waals surface area (Å²) in [6.07, 6.45) is -26.6. The van der Waals surface area contributed by atoms with Crippen molar-refractivity contribution in [1.82, 2.24) is 0 Å². The lowest BCUT2D eigenvalue weighted by Crippen LogP contribution is -2.68. The van der Waals surface area contributed by atoms with Crippen LogP contribution in [0.4, 0.5) is 0 Å². The zero-order valence-electron chi connectivity index (χ0n) is 41.8. The van der Waals surface area contributed by atoms with E-state index in [1.165, 1.54) is 0 Å². The van der Waals surface area contributed by atoms with Crippen LogP contribution in [-0.4, -0.2) is 240 Å². The SMILES string of the molecule is C[C@@H]1CC[C@@]2(OC1)O[C@@H]1C[C@H]3[C@@H]4CC=C5C[C@H](O[C@H]6O[C@@H](CO)[C@H](O[C@H]7O[C@@H](CO)[C@H](O)[C@@H](O[C@H]8OC[C@H](O)[C@@H](O)[C@@H]8O)[C@@H]7O[C@H]7O[C@@H](CO)[C@H](O)[C@@H](O)[C@@H]7O)[C@@H](O)[C@@H]6O)[C@@H](O)C[C@@]5(C)[C@H]4CC[C@@]3(C)[C@@H]1[C@H]2C. The Labute approximate surface area is 423 Å². The van der Waals surface area contributed by atoms with E-state index in [9.17, 15) is 66.4 Å². The summed E-state index contributed by atoms with van der Waals surface area (Å²) in [5, 5.41) is 141. The monoisotopic (exact) mass is 1050 g/mol. The minimum absolute atomic E-state index is 0.101. The molecule has 0 amide bonds. The molecule has 13 N–H and O–H groups in total. The molecular weight excluding hydrogens is 969 g/mol. The van der Waals surface area contributed by atoms with Crippen molar-refractivity contribution in [2.75, 3.05) is 33.0 Å². The van der Waals surface area contributed by atoms with Crippen LogP contribution in [0.3, 0.4) is 0 Å². The van der Waals surface area contributed by atoms with Gasteiger partial charge in [-0.05, 0) is 85.4 Å². The zero-order valence-corrected chi connectivity index (χ0v) is 41.8. The summed E-state index contributed by atoms with van der Waals surface area (Å²) >= 11 is 0. The Morgan fingerprint density at radius 2 is 1.23 bits per heavy atom. The van der Waals surface area contributed by atoms with Crippen LogP contribution in [0.25, 0.3) is 0 Å². The Balaban J connectivity index is 0.837. The fraction of sp³-hybridized carbons (Fsp3) is 0.960. The normalized spacial score (nSPS) is 57.1. The van der Waals surface area contributed by atoms with E-state index in [1.54, 1.807) is 0 Å². The van der Waals surface area contributed by atoms with E-state index in [2.05, 4.69) is 33.8 Å². The number of aliphatic hydroxyl groups excluding tert-OH is 13. The summed E-state index contributed by atoms with van der Waals surface area (Å²) in [4.78, 5) is 0. The summed E-state index contributed by atoms with van der Waals surface area (Å²) in [6.45, 7) is 6.89. The highest BCUT2D eigenvalue weighted by molar-refractivity contribution is 5.27. The Kier molecular flexibility index (Phi) is 16.0. The lowest BCUT2D eigenvalue weighted by Gasteiger charge is -2.59. The van der Waals surface area contributed by atoms with Crippen LogP contribution in [0.15, 0.2) is 11.6 Å². The van der Waals surface area contributed by atoms with Gasteiger partial charge in [-0.1, -0.05) is 39.3 Å². The molecule has 0 radical (unpaired) electrons. The summed E-state index contributed by atoms with van der Waals surface area (Å²) in [7, 11) is 0. The second-order valence-electron chi connectivity index (χ2n) is 23.6.